The van der Waals surface area contributed by atoms with E-state index in [0.29, 0.717) is 17.9 Å². The number of carbonyl (C=O) groups excluding carboxylic acids is 1. The van der Waals surface area contributed by atoms with Crippen LogP contribution >= 0.6 is 11.8 Å². The summed E-state index contributed by atoms with van der Waals surface area (Å²) >= 11 is 1.43. The summed E-state index contributed by atoms with van der Waals surface area (Å²) in [5.74, 6) is 0.890. The van der Waals surface area contributed by atoms with E-state index in [4.69, 9.17) is 4.74 Å². The van der Waals surface area contributed by atoms with Gasteiger partial charge in [0, 0.05) is 24.3 Å². The first-order valence-corrected chi connectivity index (χ1v) is 30.7. The Bertz CT molecular complexity index is 1020. The van der Waals surface area contributed by atoms with E-state index in [1.165, 1.54) is 281 Å². The van der Waals surface area contributed by atoms with Crippen LogP contribution in [0.5, 0.6) is 0 Å². The Kier molecular flexibility index (Phi) is 53.7. The molecule has 0 aliphatic carbocycles. The zero-order valence-electron chi connectivity index (χ0n) is 44.6. The van der Waals surface area contributed by atoms with Gasteiger partial charge < -0.3 is 20.3 Å². The normalized spacial score (nSPS) is 12.9. The fourth-order valence-electron chi connectivity index (χ4n) is 9.08. The van der Waals surface area contributed by atoms with Gasteiger partial charge >= 0.3 is 5.97 Å². The van der Waals surface area contributed by atoms with Crippen molar-refractivity contribution in [3.8, 4) is 0 Å². The van der Waals surface area contributed by atoms with Crippen molar-refractivity contribution < 1.29 is 24.5 Å². The fourth-order valence-corrected chi connectivity index (χ4v) is 10.1. The number of aliphatic carboxylic acids is 1. The zero-order chi connectivity index (χ0) is 48.1. The van der Waals surface area contributed by atoms with E-state index in [1.54, 1.807) is 0 Å². The second kappa shape index (κ2) is 54.7. The van der Waals surface area contributed by atoms with Crippen LogP contribution in [0.2, 0.25) is 0 Å². The number of nitrogens with one attached hydrogen (secondary N) is 1. The van der Waals surface area contributed by atoms with Crippen molar-refractivity contribution in [2.75, 3.05) is 11.5 Å². The molecule has 1 aliphatic heterocycles. The first kappa shape index (κ1) is 64.8. The van der Waals surface area contributed by atoms with Gasteiger partial charge in [0.15, 0.2) is 0 Å². The van der Waals surface area contributed by atoms with E-state index in [2.05, 4.69) is 26.1 Å². The number of thioether (sulfide) groups is 1. The Morgan fingerprint density at radius 2 is 0.742 bits per heavy atom. The third kappa shape index (κ3) is 53.7. The summed E-state index contributed by atoms with van der Waals surface area (Å²) in [5, 5.41) is 22.6. The van der Waals surface area contributed by atoms with Crippen LogP contribution in [0.1, 0.15) is 329 Å². The number of carbonyl (C=O) groups is 2. The second-order valence-electron chi connectivity index (χ2n) is 20.5. The molecule has 1 amide bonds. The maximum atomic E-state index is 12.3. The Hall–Kier alpha value is -1.21. The molecular weight excluding hydrogens is 835 g/mol. The molecule has 6 nitrogen and oxygen atoms in total. The molecule has 0 aromatic carbocycles. The van der Waals surface area contributed by atoms with Gasteiger partial charge in [-0.2, -0.15) is 11.8 Å². The van der Waals surface area contributed by atoms with Gasteiger partial charge in [-0.1, -0.05) is 297 Å². The van der Waals surface area contributed by atoms with Crippen LogP contribution < -0.4 is 5.32 Å². The highest BCUT2D eigenvalue weighted by molar-refractivity contribution is 7.99. The van der Waals surface area contributed by atoms with Crippen LogP contribution in [0.25, 0.3) is 0 Å². The van der Waals surface area contributed by atoms with E-state index in [-0.39, 0.29) is 5.91 Å². The number of aliphatic hydroxyl groups excluding tert-OH is 1. The van der Waals surface area contributed by atoms with Crippen molar-refractivity contribution in [2.24, 2.45) is 0 Å². The van der Waals surface area contributed by atoms with Gasteiger partial charge in [-0.15, -0.1) is 0 Å². The third-order valence-electron chi connectivity index (χ3n) is 13.7. The molecular formula is C59H115NO5S. The molecule has 1 heterocycles. The van der Waals surface area contributed by atoms with Gasteiger partial charge in [0.1, 0.15) is 18.1 Å². The first-order chi connectivity index (χ1) is 32.4. The molecule has 0 spiro atoms. The second-order valence-corrected chi connectivity index (χ2v) is 21.6. The molecule has 1 rings (SSSR count). The number of carboxylic acid groups (broad SMARTS) is 1. The highest BCUT2D eigenvalue weighted by Gasteiger charge is 2.20. The Labute approximate surface area is 416 Å². The van der Waals surface area contributed by atoms with Crippen LogP contribution in [0.3, 0.4) is 0 Å². The van der Waals surface area contributed by atoms with Gasteiger partial charge in [-0.05, 0) is 19.3 Å². The quantitative estimate of drug-likeness (QED) is 0.0525. The SMILES string of the molecule is CCCCCCCCCCCCCCCCCCC1=CO1.CCCCCCCCCCCCCCCCCC[C@H](O)CSC[C@H](NC(=O)CCCCCCCCCCCCCCC)C(=O)O. The smallest absolute Gasteiger partial charge is 0.327 e. The van der Waals surface area contributed by atoms with E-state index in [0.717, 1.165) is 38.5 Å². The third-order valence-corrected chi connectivity index (χ3v) is 14.9. The van der Waals surface area contributed by atoms with E-state index in [9.17, 15) is 19.8 Å². The van der Waals surface area contributed by atoms with Crippen LogP contribution in [-0.2, 0) is 14.3 Å². The molecule has 2 atom stereocenters. The first-order valence-electron chi connectivity index (χ1n) is 29.6. The minimum atomic E-state index is -0.992. The van der Waals surface area contributed by atoms with Crippen molar-refractivity contribution in [3.05, 3.63) is 12.0 Å². The van der Waals surface area contributed by atoms with Crippen molar-refractivity contribution in [1.29, 1.82) is 0 Å². The summed E-state index contributed by atoms with van der Waals surface area (Å²) in [6.45, 7) is 6.83. The molecule has 0 bridgehead atoms. The van der Waals surface area contributed by atoms with Crippen LogP contribution in [-0.4, -0.2) is 45.7 Å². The number of unbranched alkanes of at least 4 members (excludes halogenated alkanes) is 42. The average Bonchev–Trinajstić information content (AvgIpc) is 4.15. The Morgan fingerprint density at radius 3 is 1.05 bits per heavy atom. The fraction of sp³-hybridized carbons (Fsp3) is 0.932. The van der Waals surface area contributed by atoms with Gasteiger partial charge in [-0.25, -0.2) is 4.79 Å². The van der Waals surface area contributed by atoms with Crippen molar-refractivity contribution in [3.63, 3.8) is 0 Å². The number of ether oxygens (including phenoxy) is 1. The van der Waals surface area contributed by atoms with Gasteiger partial charge in [0.05, 0.1) is 6.10 Å². The van der Waals surface area contributed by atoms with Crippen LogP contribution in [0.4, 0.5) is 0 Å². The lowest BCUT2D eigenvalue weighted by atomic mass is 10.0. The molecule has 3 N–H and O–H groups in total. The maximum Gasteiger partial charge on any atom is 0.327 e. The van der Waals surface area contributed by atoms with Crippen molar-refractivity contribution >= 4 is 23.6 Å². The molecule has 0 aromatic rings. The maximum absolute atomic E-state index is 12.3. The van der Waals surface area contributed by atoms with Gasteiger partial charge in [0.2, 0.25) is 5.91 Å². The summed E-state index contributed by atoms with van der Waals surface area (Å²) in [4.78, 5) is 23.9. The summed E-state index contributed by atoms with van der Waals surface area (Å²) in [7, 11) is 0. The summed E-state index contributed by atoms with van der Waals surface area (Å²) in [5.41, 5.74) is 0. The number of hydrogen-bond acceptors (Lipinski definition) is 5. The minimum Gasteiger partial charge on any atom is -0.480 e. The lowest BCUT2D eigenvalue weighted by molar-refractivity contribution is -0.141. The molecule has 0 fully saturated rings. The minimum absolute atomic E-state index is 0.167. The number of aliphatic hydroxyl groups is 1. The molecule has 0 radical (unpaired) electrons. The topological polar surface area (TPSA) is 99.2 Å². The predicted octanol–water partition coefficient (Wildman–Crippen LogP) is 19.3. The standard InChI is InChI=1S/C39H77NO4S.C20H38O/c1-3-5-7-9-11-13-15-17-18-19-21-22-24-26-28-30-32-36(41)34-45-35-37(39(43)44)40-38(42)33-31-29-27-25-23-20-16-14-12-10-8-6-4-2;1-2-3-4-5-6-7-8-9-10-11-12-13-14-15-16-17-18-20-19-21-20/h36-37,41H,3-35H2,1-2H3,(H,40,42)(H,43,44);19H,2-18H2,1H3/t36-,37-;/m0./s1. The number of carboxylic acids is 1. The molecule has 392 valence electrons. The zero-order valence-corrected chi connectivity index (χ0v) is 45.4. The largest absolute Gasteiger partial charge is 0.480 e. The highest BCUT2D eigenvalue weighted by atomic mass is 32.2. The van der Waals surface area contributed by atoms with Gasteiger partial charge in [0.25, 0.3) is 0 Å². The van der Waals surface area contributed by atoms with Crippen molar-refractivity contribution in [1.82, 2.24) is 5.32 Å². The number of allylic oxidation sites excluding steroid dienone is 1. The summed E-state index contributed by atoms with van der Waals surface area (Å²) in [6.07, 6.45) is 64.7. The molecule has 7 heteroatoms. The van der Waals surface area contributed by atoms with Crippen LogP contribution in [0, 0.1) is 0 Å². The lowest BCUT2D eigenvalue weighted by Gasteiger charge is -2.16. The van der Waals surface area contributed by atoms with E-state index in [1.807, 2.05) is 6.26 Å². The number of hydrogen-bond donors (Lipinski definition) is 3. The molecule has 1 aliphatic rings. The molecule has 0 aromatic heterocycles. The van der Waals surface area contributed by atoms with Crippen molar-refractivity contribution in [2.45, 2.75) is 341 Å². The van der Waals surface area contributed by atoms with E-state index < -0.39 is 18.1 Å². The summed E-state index contributed by atoms with van der Waals surface area (Å²) in [6, 6.07) is -0.882. The molecule has 0 saturated carbocycles. The lowest BCUT2D eigenvalue weighted by Crippen LogP contribution is -2.42. The molecule has 0 saturated heterocycles. The molecule has 66 heavy (non-hydrogen) atoms. The van der Waals surface area contributed by atoms with Gasteiger partial charge in [-0.3, -0.25) is 4.79 Å². The monoisotopic (exact) mass is 950 g/mol. The van der Waals surface area contributed by atoms with Crippen LogP contribution in [0.15, 0.2) is 12.0 Å². The Balaban J connectivity index is 0.00000167. The van der Waals surface area contributed by atoms with E-state index >= 15 is 0 Å². The summed E-state index contributed by atoms with van der Waals surface area (Å²) < 4.78 is 5.02. The predicted molar refractivity (Wildman–Crippen MR) is 291 cm³/mol. The Morgan fingerprint density at radius 1 is 0.455 bits per heavy atom. The number of rotatable bonds is 54. The average molecular weight is 951 g/mol. The number of amides is 1. The highest BCUT2D eigenvalue weighted by Crippen LogP contribution is 2.22. The molecule has 0 unspecified atom stereocenters.